The number of carboxylic acids is 2. The smallest absolute Gasteiger partial charge is 0.415 e. The third kappa shape index (κ3) is 7.59. The molecule has 3 rings (SSSR count). The lowest BCUT2D eigenvalue weighted by molar-refractivity contribution is -0.140. The second-order valence-electron chi connectivity index (χ2n) is 9.79. The van der Waals surface area contributed by atoms with Crippen molar-refractivity contribution in [3.8, 4) is 0 Å². The average molecular weight is 546 g/mol. The van der Waals surface area contributed by atoms with Gasteiger partial charge < -0.3 is 36.6 Å². The summed E-state index contributed by atoms with van der Waals surface area (Å²) in [6, 6.07) is 4.17. The standard InChI is InChI=1S/C24H31N7O8/c1-24(2,3)39-23(38)31-14(11-27-18-17(31)20(35)30-22(25)29-18)10-26-13-6-4-12(5-7-13)19(34)28-15(21(36)37)8-9-16(32)33/h4-7,14-15,26H,8-11H2,1-3H3,(H,28,34)(H,32,33)(H,36,37)(H4,25,27,29,30,35)/t14?,15-/m0/s1. The van der Waals surface area contributed by atoms with Gasteiger partial charge in [0.15, 0.2) is 11.5 Å². The molecule has 0 fully saturated rings. The van der Waals surface area contributed by atoms with E-state index >= 15 is 0 Å². The van der Waals surface area contributed by atoms with Crippen LogP contribution in [-0.2, 0) is 14.3 Å². The van der Waals surface area contributed by atoms with Gasteiger partial charge in [-0.3, -0.25) is 24.3 Å². The molecule has 1 aliphatic rings. The van der Waals surface area contributed by atoms with E-state index in [2.05, 4.69) is 25.9 Å². The van der Waals surface area contributed by atoms with Crippen LogP contribution in [0.25, 0.3) is 0 Å². The molecule has 15 nitrogen and oxygen atoms in total. The highest BCUT2D eigenvalue weighted by molar-refractivity contribution is 5.97. The number of nitrogen functional groups attached to an aromatic ring is 1. The molecule has 8 N–H and O–H groups in total. The number of amides is 2. The maximum absolute atomic E-state index is 13.1. The van der Waals surface area contributed by atoms with E-state index in [0.29, 0.717) is 5.69 Å². The Labute approximate surface area is 222 Å². The number of nitrogens with two attached hydrogens (primary N) is 1. The van der Waals surface area contributed by atoms with Crippen molar-refractivity contribution in [1.29, 1.82) is 0 Å². The van der Waals surface area contributed by atoms with Crippen molar-refractivity contribution in [2.45, 2.75) is 51.3 Å². The van der Waals surface area contributed by atoms with E-state index in [1.807, 2.05) is 0 Å². The van der Waals surface area contributed by atoms with Crippen LogP contribution in [0.3, 0.4) is 0 Å². The van der Waals surface area contributed by atoms with Crippen molar-refractivity contribution in [1.82, 2.24) is 15.3 Å². The summed E-state index contributed by atoms with van der Waals surface area (Å²) in [5.74, 6) is -3.13. The van der Waals surface area contributed by atoms with Gasteiger partial charge in [0.1, 0.15) is 11.6 Å². The summed E-state index contributed by atoms with van der Waals surface area (Å²) in [6.45, 7) is 5.51. The number of carboxylic acid groups (broad SMARTS) is 2. The number of anilines is 4. The number of fused-ring (bicyclic) bond motifs is 1. The predicted octanol–water partition coefficient (Wildman–Crippen LogP) is 1.05. The van der Waals surface area contributed by atoms with E-state index in [1.54, 1.807) is 32.9 Å². The molecule has 1 aromatic carbocycles. The Morgan fingerprint density at radius 3 is 2.46 bits per heavy atom. The number of aromatic nitrogens is 2. The summed E-state index contributed by atoms with van der Waals surface area (Å²) in [5, 5.41) is 26.5. The van der Waals surface area contributed by atoms with Crippen molar-refractivity contribution < 1.29 is 34.1 Å². The summed E-state index contributed by atoms with van der Waals surface area (Å²) < 4.78 is 5.52. The largest absolute Gasteiger partial charge is 0.481 e. The average Bonchev–Trinajstić information content (AvgIpc) is 2.83. The molecule has 210 valence electrons. The van der Waals surface area contributed by atoms with E-state index in [0.717, 1.165) is 0 Å². The molecule has 15 heteroatoms. The number of aromatic amines is 1. The minimum absolute atomic E-state index is 0.0283. The molecule has 2 atom stereocenters. The van der Waals surface area contributed by atoms with Gasteiger partial charge in [-0.15, -0.1) is 0 Å². The minimum Gasteiger partial charge on any atom is -0.481 e. The number of ether oxygens (including phenoxy) is 1. The van der Waals surface area contributed by atoms with Gasteiger partial charge in [-0.1, -0.05) is 0 Å². The SMILES string of the molecule is CC(C)(C)OC(=O)N1c2c(nc(N)[nH]c2=O)NCC1CNc1ccc(C(=O)N[C@@H](CCC(=O)O)C(=O)O)cc1. The fourth-order valence-electron chi connectivity index (χ4n) is 3.78. The molecule has 0 saturated carbocycles. The van der Waals surface area contributed by atoms with Crippen LogP contribution in [0.5, 0.6) is 0 Å². The summed E-state index contributed by atoms with van der Waals surface area (Å²) >= 11 is 0. The monoisotopic (exact) mass is 545 g/mol. The van der Waals surface area contributed by atoms with Crippen LogP contribution in [0.4, 0.5) is 27.9 Å². The zero-order chi connectivity index (χ0) is 28.9. The Kier molecular flexibility index (Phi) is 8.63. The molecule has 1 unspecified atom stereocenters. The van der Waals surface area contributed by atoms with Crippen molar-refractivity contribution in [3.05, 3.63) is 40.2 Å². The third-order valence-electron chi connectivity index (χ3n) is 5.55. The molecule has 1 aliphatic heterocycles. The molecule has 0 saturated heterocycles. The zero-order valence-corrected chi connectivity index (χ0v) is 21.6. The number of rotatable bonds is 9. The normalized spacial score (nSPS) is 15.4. The second-order valence-corrected chi connectivity index (χ2v) is 9.79. The molecule has 0 radical (unpaired) electrons. The van der Waals surface area contributed by atoms with E-state index in [-0.39, 0.29) is 42.5 Å². The zero-order valence-electron chi connectivity index (χ0n) is 21.6. The first-order valence-electron chi connectivity index (χ1n) is 12.0. The van der Waals surface area contributed by atoms with E-state index < -0.39 is 53.6 Å². The lowest BCUT2D eigenvalue weighted by Gasteiger charge is -2.37. The number of nitrogens with one attached hydrogen (secondary N) is 4. The molecular formula is C24H31N7O8. The molecular weight excluding hydrogens is 514 g/mol. The first-order chi connectivity index (χ1) is 18.2. The van der Waals surface area contributed by atoms with Crippen molar-refractivity contribution in [2.24, 2.45) is 0 Å². The molecule has 0 spiro atoms. The van der Waals surface area contributed by atoms with Crippen LogP contribution in [0.1, 0.15) is 44.0 Å². The number of hydrogen-bond donors (Lipinski definition) is 7. The number of carbonyl (C=O) groups excluding carboxylic acids is 2. The fraction of sp³-hybridized carbons (Fsp3) is 0.417. The molecule has 0 aliphatic carbocycles. The van der Waals surface area contributed by atoms with E-state index in [4.69, 9.17) is 15.6 Å². The summed E-state index contributed by atoms with van der Waals surface area (Å²) in [4.78, 5) is 68.0. The van der Waals surface area contributed by atoms with Crippen molar-refractivity contribution in [2.75, 3.05) is 34.4 Å². The maximum Gasteiger partial charge on any atom is 0.415 e. The lowest BCUT2D eigenvalue weighted by Crippen LogP contribution is -2.54. The second kappa shape index (κ2) is 11.7. The van der Waals surface area contributed by atoms with Gasteiger partial charge in [0.25, 0.3) is 11.5 Å². The van der Waals surface area contributed by atoms with Gasteiger partial charge in [-0.05, 0) is 51.5 Å². The molecule has 39 heavy (non-hydrogen) atoms. The molecule has 2 amide bonds. The third-order valence-corrected chi connectivity index (χ3v) is 5.55. The highest BCUT2D eigenvalue weighted by Gasteiger charge is 2.37. The first-order valence-corrected chi connectivity index (χ1v) is 12.0. The van der Waals surface area contributed by atoms with Crippen LogP contribution >= 0.6 is 0 Å². The number of H-pyrrole nitrogens is 1. The first kappa shape index (κ1) is 28.7. The summed E-state index contributed by atoms with van der Waals surface area (Å²) in [7, 11) is 0. The van der Waals surface area contributed by atoms with Gasteiger partial charge in [0.05, 0.1) is 6.04 Å². The quantitative estimate of drug-likeness (QED) is 0.234. The van der Waals surface area contributed by atoms with Crippen LogP contribution in [0.15, 0.2) is 29.1 Å². The van der Waals surface area contributed by atoms with Gasteiger partial charge >= 0.3 is 18.0 Å². The van der Waals surface area contributed by atoms with Crippen LogP contribution in [0, 0.1) is 0 Å². The lowest BCUT2D eigenvalue weighted by atomic mass is 10.1. The van der Waals surface area contributed by atoms with Crippen LogP contribution < -0.4 is 32.1 Å². The Balaban J connectivity index is 1.72. The van der Waals surface area contributed by atoms with Gasteiger partial charge in [-0.2, -0.15) is 4.98 Å². The van der Waals surface area contributed by atoms with Gasteiger partial charge in [0.2, 0.25) is 5.95 Å². The van der Waals surface area contributed by atoms with E-state index in [9.17, 15) is 29.1 Å². The number of aliphatic carboxylic acids is 2. The van der Waals surface area contributed by atoms with Gasteiger partial charge in [0, 0.05) is 30.8 Å². The Morgan fingerprint density at radius 1 is 1.21 bits per heavy atom. The number of carbonyl (C=O) groups is 4. The molecule has 2 heterocycles. The topological polar surface area (TPSA) is 229 Å². The number of nitrogens with zero attached hydrogens (tertiary/aromatic N) is 2. The number of benzene rings is 1. The maximum atomic E-state index is 13.1. The molecule has 2 aromatic rings. The Bertz CT molecular complexity index is 1300. The molecule has 0 bridgehead atoms. The number of hydrogen-bond acceptors (Lipinski definition) is 10. The van der Waals surface area contributed by atoms with Crippen LogP contribution in [-0.4, -0.2) is 74.9 Å². The predicted molar refractivity (Wildman–Crippen MR) is 141 cm³/mol. The van der Waals surface area contributed by atoms with Crippen molar-refractivity contribution >= 4 is 47.1 Å². The highest BCUT2D eigenvalue weighted by atomic mass is 16.6. The summed E-state index contributed by atoms with van der Waals surface area (Å²) in [6.07, 6.45) is -1.40. The Hall–Kier alpha value is -4.82. The Morgan fingerprint density at radius 2 is 1.87 bits per heavy atom. The molecule has 1 aromatic heterocycles. The summed E-state index contributed by atoms with van der Waals surface area (Å²) in [5.41, 5.74) is 4.92. The van der Waals surface area contributed by atoms with Crippen molar-refractivity contribution in [3.63, 3.8) is 0 Å². The van der Waals surface area contributed by atoms with Crippen LogP contribution in [0.2, 0.25) is 0 Å². The fourth-order valence-corrected chi connectivity index (χ4v) is 3.78. The van der Waals surface area contributed by atoms with E-state index in [1.165, 1.54) is 17.0 Å². The highest BCUT2D eigenvalue weighted by Crippen LogP contribution is 2.28. The minimum atomic E-state index is -1.35. The van der Waals surface area contributed by atoms with Gasteiger partial charge in [-0.25, -0.2) is 9.59 Å².